The summed E-state index contributed by atoms with van der Waals surface area (Å²) in [6, 6.07) is 5.73. The van der Waals surface area contributed by atoms with Crippen LogP contribution in [0, 0.1) is 5.82 Å². The molecule has 0 unspecified atom stereocenters. The van der Waals surface area contributed by atoms with Gasteiger partial charge in [-0.3, -0.25) is 0 Å². The molecular formula is C16H23FN4O3S. The summed E-state index contributed by atoms with van der Waals surface area (Å²) in [5.41, 5.74) is 0.874. The largest absolute Gasteiger partial charge is 0.369 e. The highest BCUT2D eigenvalue weighted by Gasteiger charge is 2.26. The number of hydrogen-bond acceptors (Lipinski definition) is 4. The summed E-state index contributed by atoms with van der Waals surface area (Å²) in [5.74, 6) is -0.444. The maximum Gasteiger partial charge on any atom is 0.315 e. The van der Waals surface area contributed by atoms with Crippen molar-refractivity contribution in [3.8, 4) is 0 Å². The highest BCUT2D eigenvalue weighted by molar-refractivity contribution is 7.89. The summed E-state index contributed by atoms with van der Waals surface area (Å²) in [6.07, 6.45) is 1.54. The van der Waals surface area contributed by atoms with Crippen molar-refractivity contribution in [2.45, 2.75) is 0 Å². The Balaban J connectivity index is 1.79. The Bertz CT molecular complexity index is 686. The minimum atomic E-state index is -3.43. The van der Waals surface area contributed by atoms with Crippen LogP contribution in [0.15, 0.2) is 36.9 Å². The summed E-state index contributed by atoms with van der Waals surface area (Å²) in [4.78, 5) is 13.4. The third-order valence-corrected chi connectivity index (χ3v) is 5.75. The van der Waals surface area contributed by atoms with Gasteiger partial charge in [0.2, 0.25) is 10.0 Å². The van der Waals surface area contributed by atoms with E-state index in [0.29, 0.717) is 32.7 Å². The van der Waals surface area contributed by atoms with Gasteiger partial charge < -0.3 is 15.5 Å². The molecule has 1 fully saturated rings. The number of nitrogens with zero attached hydrogens (tertiary/aromatic N) is 2. The number of urea groups is 1. The maximum absolute atomic E-state index is 13.0. The van der Waals surface area contributed by atoms with E-state index in [1.165, 1.54) is 22.5 Å². The number of amides is 2. The highest BCUT2D eigenvalue weighted by atomic mass is 32.2. The molecule has 2 amide bonds. The molecule has 1 aromatic carbocycles. The molecule has 9 heteroatoms. The lowest BCUT2D eigenvalue weighted by molar-refractivity contribution is 0.242. The van der Waals surface area contributed by atoms with Crippen molar-refractivity contribution in [1.82, 2.24) is 14.9 Å². The fourth-order valence-electron chi connectivity index (χ4n) is 2.53. The number of carbonyl (C=O) groups excluding carboxylic acids is 1. The van der Waals surface area contributed by atoms with Crippen LogP contribution in [0.1, 0.15) is 0 Å². The van der Waals surface area contributed by atoms with Crippen LogP contribution in [0.25, 0.3) is 0 Å². The topological polar surface area (TPSA) is 81.8 Å². The second kappa shape index (κ2) is 8.82. The molecule has 138 valence electrons. The SMILES string of the molecule is C=CCNC(=O)NCCS(=O)(=O)N1CCN(c2ccc(F)cc2)CC1. The zero-order valence-corrected chi connectivity index (χ0v) is 14.8. The van der Waals surface area contributed by atoms with Gasteiger partial charge >= 0.3 is 6.03 Å². The first-order valence-electron chi connectivity index (χ1n) is 8.03. The second-order valence-electron chi connectivity index (χ2n) is 5.60. The number of benzene rings is 1. The Morgan fingerprint density at radius 3 is 2.40 bits per heavy atom. The van der Waals surface area contributed by atoms with Crippen molar-refractivity contribution in [1.29, 1.82) is 0 Å². The Kier molecular flexibility index (Phi) is 6.77. The van der Waals surface area contributed by atoms with Gasteiger partial charge in [0, 0.05) is 45.0 Å². The van der Waals surface area contributed by atoms with E-state index in [1.807, 2.05) is 4.90 Å². The van der Waals surface area contributed by atoms with Gasteiger partial charge in [0.25, 0.3) is 0 Å². The average Bonchev–Trinajstić information content (AvgIpc) is 2.60. The van der Waals surface area contributed by atoms with Gasteiger partial charge in [-0.15, -0.1) is 6.58 Å². The molecule has 0 bridgehead atoms. The quantitative estimate of drug-likeness (QED) is 0.695. The molecule has 1 saturated heterocycles. The Morgan fingerprint density at radius 1 is 1.16 bits per heavy atom. The molecule has 7 nitrogen and oxygen atoms in total. The second-order valence-corrected chi connectivity index (χ2v) is 7.69. The van der Waals surface area contributed by atoms with Crippen LogP contribution in [0.2, 0.25) is 0 Å². The fraction of sp³-hybridized carbons (Fsp3) is 0.438. The lowest BCUT2D eigenvalue weighted by Crippen LogP contribution is -2.50. The van der Waals surface area contributed by atoms with Crippen LogP contribution in [0.3, 0.4) is 0 Å². The molecule has 1 aromatic rings. The van der Waals surface area contributed by atoms with Crippen LogP contribution in [-0.2, 0) is 10.0 Å². The molecule has 2 rings (SSSR count). The summed E-state index contributed by atoms with van der Waals surface area (Å²) in [6.45, 7) is 5.65. The molecule has 0 saturated carbocycles. The number of halogens is 1. The number of piperazine rings is 1. The zero-order chi connectivity index (χ0) is 18.3. The minimum Gasteiger partial charge on any atom is -0.369 e. The summed E-state index contributed by atoms with van der Waals surface area (Å²) < 4.78 is 39.1. The lowest BCUT2D eigenvalue weighted by Gasteiger charge is -2.35. The van der Waals surface area contributed by atoms with Crippen LogP contribution in [-0.4, -0.2) is 63.8 Å². The van der Waals surface area contributed by atoms with Crippen molar-refractivity contribution in [3.05, 3.63) is 42.7 Å². The van der Waals surface area contributed by atoms with E-state index >= 15 is 0 Å². The first-order valence-corrected chi connectivity index (χ1v) is 9.64. The van der Waals surface area contributed by atoms with Crippen molar-refractivity contribution in [2.75, 3.05) is 49.9 Å². The summed E-state index contributed by atoms with van der Waals surface area (Å²) >= 11 is 0. The Morgan fingerprint density at radius 2 is 1.80 bits per heavy atom. The molecule has 1 aliphatic rings. The smallest absolute Gasteiger partial charge is 0.315 e. The summed E-state index contributed by atoms with van der Waals surface area (Å²) in [7, 11) is -3.43. The lowest BCUT2D eigenvalue weighted by atomic mass is 10.2. The number of hydrogen-bond donors (Lipinski definition) is 2. The maximum atomic E-state index is 13.0. The first kappa shape index (κ1) is 19.2. The first-order chi connectivity index (χ1) is 11.9. The molecule has 25 heavy (non-hydrogen) atoms. The molecule has 1 aliphatic heterocycles. The van der Waals surface area contributed by atoms with Gasteiger partial charge in [-0.25, -0.2) is 17.6 Å². The van der Waals surface area contributed by atoms with Crippen molar-refractivity contribution in [2.24, 2.45) is 0 Å². The molecule has 0 aliphatic carbocycles. The van der Waals surface area contributed by atoms with Gasteiger partial charge in [-0.1, -0.05) is 6.08 Å². The standard InChI is InChI=1S/C16H23FN4O3S/c1-2-7-18-16(22)19-8-13-25(23,24)21-11-9-20(10-12-21)15-5-3-14(17)4-6-15/h2-6H,1,7-13H2,(H2,18,19,22). The number of carbonyl (C=O) groups is 1. The van der Waals surface area contributed by atoms with E-state index < -0.39 is 16.1 Å². The Labute approximate surface area is 147 Å². The predicted molar refractivity (Wildman–Crippen MR) is 95.6 cm³/mol. The number of nitrogens with one attached hydrogen (secondary N) is 2. The molecule has 1 heterocycles. The van der Waals surface area contributed by atoms with E-state index in [9.17, 15) is 17.6 Å². The van der Waals surface area contributed by atoms with Gasteiger partial charge in [-0.05, 0) is 24.3 Å². The number of anilines is 1. The summed E-state index contributed by atoms with van der Waals surface area (Å²) in [5, 5.41) is 5.02. The molecular weight excluding hydrogens is 347 g/mol. The number of sulfonamides is 1. The van der Waals surface area contributed by atoms with Crippen LogP contribution >= 0.6 is 0 Å². The molecule has 0 spiro atoms. The van der Waals surface area contributed by atoms with Crippen molar-refractivity contribution in [3.63, 3.8) is 0 Å². The third kappa shape index (κ3) is 5.71. The third-order valence-electron chi connectivity index (χ3n) is 3.88. The van der Waals surface area contributed by atoms with E-state index in [4.69, 9.17) is 0 Å². The molecule has 2 N–H and O–H groups in total. The van der Waals surface area contributed by atoms with Crippen LogP contribution in [0.5, 0.6) is 0 Å². The van der Waals surface area contributed by atoms with Gasteiger partial charge in [0.1, 0.15) is 5.82 Å². The minimum absolute atomic E-state index is 0.0451. The van der Waals surface area contributed by atoms with Gasteiger partial charge in [0.15, 0.2) is 0 Å². The average molecular weight is 370 g/mol. The fourth-order valence-corrected chi connectivity index (χ4v) is 3.86. The van der Waals surface area contributed by atoms with E-state index in [-0.39, 0.29) is 18.1 Å². The Hall–Kier alpha value is -2.13. The monoisotopic (exact) mass is 370 g/mol. The van der Waals surface area contributed by atoms with Gasteiger partial charge in [-0.2, -0.15) is 4.31 Å². The number of rotatable bonds is 7. The van der Waals surface area contributed by atoms with Crippen molar-refractivity contribution >= 4 is 21.7 Å². The van der Waals surface area contributed by atoms with Crippen molar-refractivity contribution < 1.29 is 17.6 Å². The van der Waals surface area contributed by atoms with E-state index in [0.717, 1.165) is 5.69 Å². The highest BCUT2D eigenvalue weighted by Crippen LogP contribution is 2.18. The van der Waals surface area contributed by atoms with E-state index in [2.05, 4.69) is 17.2 Å². The molecule has 0 atom stereocenters. The van der Waals surface area contributed by atoms with Gasteiger partial charge in [0.05, 0.1) is 5.75 Å². The van der Waals surface area contributed by atoms with E-state index in [1.54, 1.807) is 12.1 Å². The predicted octanol–water partition coefficient (Wildman–Crippen LogP) is 0.763. The normalized spacial score (nSPS) is 15.6. The van der Waals surface area contributed by atoms with Crippen LogP contribution in [0.4, 0.5) is 14.9 Å². The molecule has 0 aromatic heterocycles. The zero-order valence-electron chi connectivity index (χ0n) is 13.9. The molecule has 0 radical (unpaired) electrons. The van der Waals surface area contributed by atoms with Crippen LogP contribution < -0.4 is 15.5 Å².